The molecule has 0 spiro atoms. The molecular formula is C11H19NO3. The molecule has 0 aromatic heterocycles. The van der Waals surface area contributed by atoms with E-state index in [0.717, 1.165) is 25.7 Å². The van der Waals surface area contributed by atoms with Crippen LogP contribution in [0.4, 0.5) is 0 Å². The molecule has 1 heterocycles. The molecule has 15 heavy (non-hydrogen) atoms. The van der Waals surface area contributed by atoms with E-state index < -0.39 is 5.54 Å². The Kier molecular flexibility index (Phi) is 2.98. The van der Waals surface area contributed by atoms with Gasteiger partial charge in [-0.3, -0.25) is 4.79 Å². The number of carbonyl (C=O) groups excluding carboxylic acids is 1. The molecule has 2 rings (SSSR count). The summed E-state index contributed by atoms with van der Waals surface area (Å²) in [5, 5.41) is 0. The van der Waals surface area contributed by atoms with Crippen LogP contribution in [0.25, 0.3) is 0 Å². The van der Waals surface area contributed by atoms with Gasteiger partial charge in [0.05, 0.1) is 13.2 Å². The van der Waals surface area contributed by atoms with Gasteiger partial charge in [-0.05, 0) is 25.7 Å². The van der Waals surface area contributed by atoms with Crippen LogP contribution < -0.4 is 5.73 Å². The Labute approximate surface area is 90.1 Å². The Bertz CT molecular complexity index is 242. The summed E-state index contributed by atoms with van der Waals surface area (Å²) in [4.78, 5) is 11.8. The number of hydrogen-bond acceptors (Lipinski definition) is 4. The number of nitrogens with two attached hydrogens (primary N) is 1. The molecule has 1 atom stereocenters. The van der Waals surface area contributed by atoms with Crippen LogP contribution in [0.3, 0.4) is 0 Å². The lowest BCUT2D eigenvalue weighted by molar-refractivity contribution is -0.160. The highest BCUT2D eigenvalue weighted by Gasteiger charge is 2.46. The van der Waals surface area contributed by atoms with E-state index in [2.05, 4.69) is 0 Å². The largest absolute Gasteiger partial charge is 0.461 e. The molecule has 1 aliphatic heterocycles. The number of hydrogen-bond donors (Lipinski definition) is 1. The fourth-order valence-corrected chi connectivity index (χ4v) is 1.92. The van der Waals surface area contributed by atoms with Gasteiger partial charge in [-0.1, -0.05) is 0 Å². The predicted molar refractivity (Wildman–Crippen MR) is 55.2 cm³/mol. The van der Waals surface area contributed by atoms with Crippen LogP contribution in [0.5, 0.6) is 0 Å². The lowest BCUT2D eigenvalue weighted by atomic mass is 9.97. The van der Waals surface area contributed by atoms with Crippen LogP contribution in [0, 0.1) is 5.92 Å². The Balaban J connectivity index is 1.84. The Morgan fingerprint density at radius 2 is 1.93 bits per heavy atom. The lowest BCUT2D eigenvalue weighted by Gasteiger charge is -2.28. The average molecular weight is 213 g/mol. The zero-order valence-corrected chi connectivity index (χ0v) is 9.20. The third-order valence-electron chi connectivity index (χ3n) is 3.31. The summed E-state index contributed by atoms with van der Waals surface area (Å²) >= 11 is 0. The van der Waals surface area contributed by atoms with Gasteiger partial charge in [0.2, 0.25) is 0 Å². The third kappa shape index (κ3) is 2.49. The molecular weight excluding hydrogens is 194 g/mol. The maximum absolute atomic E-state index is 11.8. The molecule has 4 nitrogen and oxygen atoms in total. The van der Waals surface area contributed by atoms with Gasteiger partial charge in [0.1, 0.15) is 11.6 Å². The Morgan fingerprint density at radius 1 is 1.33 bits per heavy atom. The average Bonchev–Trinajstić information content (AvgIpc) is 3.02. The standard InChI is InChI=1S/C11H19NO3/c1-11(12,8-2-3-8)10(13)15-9-4-6-14-7-5-9/h8-9H,2-7,12H2,1H3. The predicted octanol–water partition coefficient (Wildman–Crippen LogP) is 0.836. The van der Waals surface area contributed by atoms with Crippen molar-refractivity contribution in [3.05, 3.63) is 0 Å². The molecule has 1 unspecified atom stereocenters. The first kappa shape index (κ1) is 10.9. The summed E-state index contributed by atoms with van der Waals surface area (Å²) < 4.78 is 10.6. The van der Waals surface area contributed by atoms with Crippen LogP contribution in [0.1, 0.15) is 32.6 Å². The van der Waals surface area contributed by atoms with E-state index >= 15 is 0 Å². The zero-order chi connectivity index (χ0) is 10.9. The highest BCUT2D eigenvalue weighted by molar-refractivity contribution is 5.81. The van der Waals surface area contributed by atoms with Crippen molar-refractivity contribution < 1.29 is 14.3 Å². The van der Waals surface area contributed by atoms with Crippen molar-refractivity contribution in [2.45, 2.75) is 44.2 Å². The SMILES string of the molecule is CC(N)(C(=O)OC1CCOCC1)C1CC1. The van der Waals surface area contributed by atoms with Gasteiger partial charge in [-0.2, -0.15) is 0 Å². The zero-order valence-electron chi connectivity index (χ0n) is 9.20. The topological polar surface area (TPSA) is 61.6 Å². The van der Waals surface area contributed by atoms with Gasteiger partial charge in [-0.25, -0.2) is 0 Å². The van der Waals surface area contributed by atoms with Crippen molar-refractivity contribution in [1.29, 1.82) is 0 Å². The van der Waals surface area contributed by atoms with Crippen molar-refractivity contribution in [1.82, 2.24) is 0 Å². The van der Waals surface area contributed by atoms with Crippen molar-refractivity contribution in [2.75, 3.05) is 13.2 Å². The maximum Gasteiger partial charge on any atom is 0.326 e. The first-order chi connectivity index (χ1) is 7.10. The summed E-state index contributed by atoms with van der Waals surface area (Å²) in [5.41, 5.74) is 5.20. The quantitative estimate of drug-likeness (QED) is 0.705. The molecule has 2 fully saturated rings. The molecule has 1 saturated heterocycles. The van der Waals surface area contributed by atoms with E-state index in [9.17, 15) is 4.79 Å². The molecule has 4 heteroatoms. The number of ether oxygens (including phenoxy) is 2. The number of esters is 1. The monoisotopic (exact) mass is 213 g/mol. The number of rotatable bonds is 3. The molecule has 0 aromatic rings. The van der Waals surface area contributed by atoms with E-state index in [1.54, 1.807) is 6.92 Å². The summed E-state index contributed by atoms with van der Waals surface area (Å²) in [6, 6.07) is 0. The van der Waals surface area contributed by atoms with E-state index in [0.29, 0.717) is 19.1 Å². The fraction of sp³-hybridized carbons (Fsp3) is 0.909. The summed E-state index contributed by atoms with van der Waals surface area (Å²) in [6.45, 7) is 3.15. The van der Waals surface area contributed by atoms with E-state index in [-0.39, 0.29) is 12.1 Å². The van der Waals surface area contributed by atoms with Crippen LogP contribution in [-0.2, 0) is 14.3 Å². The van der Waals surface area contributed by atoms with E-state index in [4.69, 9.17) is 15.2 Å². The Morgan fingerprint density at radius 3 is 2.47 bits per heavy atom. The molecule has 2 aliphatic rings. The normalized spacial score (nSPS) is 27.1. The maximum atomic E-state index is 11.8. The second-order valence-corrected chi connectivity index (χ2v) is 4.77. The Hall–Kier alpha value is -0.610. The highest BCUT2D eigenvalue weighted by Crippen LogP contribution is 2.39. The van der Waals surface area contributed by atoms with Crippen molar-refractivity contribution >= 4 is 5.97 Å². The summed E-state index contributed by atoms with van der Waals surface area (Å²) in [7, 11) is 0. The van der Waals surface area contributed by atoms with Crippen LogP contribution in [0.15, 0.2) is 0 Å². The minimum atomic E-state index is -0.779. The lowest BCUT2D eigenvalue weighted by Crippen LogP contribution is -2.49. The highest BCUT2D eigenvalue weighted by atomic mass is 16.6. The third-order valence-corrected chi connectivity index (χ3v) is 3.31. The molecule has 0 bridgehead atoms. The van der Waals surface area contributed by atoms with E-state index in [1.807, 2.05) is 0 Å². The first-order valence-corrected chi connectivity index (χ1v) is 5.68. The molecule has 0 aromatic carbocycles. The molecule has 1 aliphatic carbocycles. The van der Waals surface area contributed by atoms with Crippen LogP contribution >= 0.6 is 0 Å². The number of carbonyl (C=O) groups is 1. The second kappa shape index (κ2) is 4.10. The summed E-state index contributed by atoms with van der Waals surface area (Å²) in [6.07, 6.45) is 3.71. The fourth-order valence-electron chi connectivity index (χ4n) is 1.92. The molecule has 0 amide bonds. The van der Waals surface area contributed by atoms with Crippen molar-refractivity contribution in [3.8, 4) is 0 Å². The van der Waals surface area contributed by atoms with Crippen molar-refractivity contribution in [2.24, 2.45) is 11.7 Å². The molecule has 86 valence electrons. The first-order valence-electron chi connectivity index (χ1n) is 5.68. The second-order valence-electron chi connectivity index (χ2n) is 4.77. The molecule has 2 N–H and O–H groups in total. The minimum absolute atomic E-state index is 0.00729. The molecule has 1 saturated carbocycles. The summed E-state index contributed by atoms with van der Waals surface area (Å²) in [5.74, 6) is 0.0849. The van der Waals surface area contributed by atoms with Crippen LogP contribution in [-0.4, -0.2) is 30.8 Å². The van der Waals surface area contributed by atoms with Crippen molar-refractivity contribution in [3.63, 3.8) is 0 Å². The van der Waals surface area contributed by atoms with Gasteiger partial charge in [0, 0.05) is 12.8 Å². The smallest absolute Gasteiger partial charge is 0.326 e. The van der Waals surface area contributed by atoms with Gasteiger partial charge in [0.15, 0.2) is 0 Å². The van der Waals surface area contributed by atoms with Gasteiger partial charge >= 0.3 is 5.97 Å². The minimum Gasteiger partial charge on any atom is -0.461 e. The van der Waals surface area contributed by atoms with Gasteiger partial charge in [-0.15, -0.1) is 0 Å². The van der Waals surface area contributed by atoms with E-state index in [1.165, 1.54) is 0 Å². The van der Waals surface area contributed by atoms with Gasteiger partial charge in [0.25, 0.3) is 0 Å². The van der Waals surface area contributed by atoms with Crippen LogP contribution in [0.2, 0.25) is 0 Å². The molecule has 0 radical (unpaired) electrons. The van der Waals surface area contributed by atoms with Gasteiger partial charge < -0.3 is 15.2 Å².